The van der Waals surface area contributed by atoms with Crippen LogP contribution in [0.2, 0.25) is 0 Å². The summed E-state index contributed by atoms with van der Waals surface area (Å²) in [4.78, 5) is 64.6. The zero-order valence-electron chi connectivity index (χ0n) is 29.1. The number of phenolic OH excluding ortho intramolecular Hbond substituents is 1. The molecule has 9 rings (SSSR count). The number of nitrogens with zero attached hydrogens (tertiary/aromatic N) is 4. The van der Waals surface area contributed by atoms with Gasteiger partial charge in [-0.25, -0.2) is 0 Å². The Labute approximate surface area is 302 Å². The summed E-state index contributed by atoms with van der Waals surface area (Å²) in [6.45, 7) is 7.50. The van der Waals surface area contributed by atoms with Crippen LogP contribution in [0.4, 0.5) is 22.7 Å². The SMILES string of the molecule is Cc1cccc([C@H]2C3=CC[C@@H]4C(=O)N(c5ccc(N6CCOCC6)cc5)C(=O)[C@@H]4[C@@H]3C[C@H]3C(=O)N(c4ccc(N5CCOCC5)cc4)C(=O)[C@@H]23)c1O. The molecule has 2 aliphatic carbocycles. The Balaban J connectivity index is 1.06. The van der Waals surface area contributed by atoms with Crippen molar-refractivity contribution >= 4 is 46.4 Å². The minimum absolute atomic E-state index is 0.0827. The quantitative estimate of drug-likeness (QED) is 0.305. The number of carbonyl (C=O) groups is 4. The van der Waals surface area contributed by atoms with Crippen LogP contribution in [0.3, 0.4) is 0 Å². The van der Waals surface area contributed by atoms with E-state index < -0.39 is 35.5 Å². The van der Waals surface area contributed by atoms with Gasteiger partial charge in [0.05, 0.1) is 61.5 Å². The Morgan fingerprint density at radius 1 is 0.596 bits per heavy atom. The van der Waals surface area contributed by atoms with E-state index in [2.05, 4.69) is 9.80 Å². The number of imide groups is 2. The van der Waals surface area contributed by atoms with Crippen molar-refractivity contribution in [2.45, 2.75) is 25.7 Å². The number of benzene rings is 3. The van der Waals surface area contributed by atoms with E-state index in [9.17, 15) is 24.3 Å². The Morgan fingerprint density at radius 2 is 1.10 bits per heavy atom. The summed E-state index contributed by atoms with van der Waals surface area (Å²) >= 11 is 0. The van der Waals surface area contributed by atoms with E-state index in [0.717, 1.165) is 43.1 Å². The summed E-state index contributed by atoms with van der Waals surface area (Å²) in [5, 5.41) is 11.4. The number of morpholine rings is 2. The number of hydrogen-bond acceptors (Lipinski definition) is 9. The maximum atomic E-state index is 14.5. The summed E-state index contributed by atoms with van der Waals surface area (Å²) in [5.41, 5.74) is 5.14. The third-order valence-electron chi connectivity index (χ3n) is 12.2. The first-order valence-electron chi connectivity index (χ1n) is 18.4. The van der Waals surface area contributed by atoms with Crippen LogP contribution >= 0.6 is 0 Å². The molecule has 6 aliphatic rings. The maximum Gasteiger partial charge on any atom is 0.238 e. The molecule has 1 N–H and O–H groups in total. The van der Waals surface area contributed by atoms with Crippen LogP contribution < -0.4 is 19.6 Å². The average Bonchev–Trinajstić information content (AvgIpc) is 3.59. The maximum absolute atomic E-state index is 14.5. The van der Waals surface area contributed by atoms with Gasteiger partial charge >= 0.3 is 0 Å². The minimum atomic E-state index is -0.755. The number of anilines is 4. The number of ether oxygens (including phenoxy) is 2. The van der Waals surface area contributed by atoms with E-state index in [-0.39, 0.29) is 35.8 Å². The highest BCUT2D eigenvalue weighted by molar-refractivity contribution is 6.24. The molecule has 0 unspecified atom stereocenters. The number of para-hydroxylation sites is 1. The van der Waals surface area contributed by atoms with Gasteiger partial charge in [-0.05, 0) is 79.8 Å². The monoisotopic (exact) mass is 702 g/mol. The van der Waals surface area contributed by atoms with Crippen LogP contribution in [0.25, 0.3) is 0 Å². The van der Waals surface area contributed by atoms with Gasteiger partial charge in [-0.1, -0.05) is 29.8 Å². The molecule has 0 bridgehead atoms. The number of hydrogen-bond donors (Lipinski definition) is 1. The van der Waals surface area contributed by atoms with Crippen LogP contribution in [0, 0.1) is 36.5 Å². The summed E-state index contributed by atoms with van der Waals surface area (Å²) in [6.07, 6.45) is 2.64. The van der Waals surface area contributed by atoms with E-state index in [1.807, 2.05) is 79.7 Å². The molecule has 4 amide bonds. The molecule has 0 radical (unpaired) electrons. The molecule has 3 aromatic rings. The van der Waals surface area contributed by atoms with Gasteiger partial charge in [0, 0.05) is 49.0 Å². The highest BCUT2D eigenvalue weighted by Gasteiger charge is 2.62. The molecule has 0 spiro atoms. The van der Waals surface area contributed by atoms with Crippen LogP contribution in [-0.4, -0.2) is 81.3 Å². The number of allylic oxidation sites excluding steroid dienone is 2. The number of aromatic hydroxyl groups is 1. The number of fused-ring (bicyclic) bond motifs is 4. The van der Waals surface area contributed by atoms with Crippen molar-refractivity contribution < 1.29 is 33.8 Å². The van der Waals surface area contributed by atoms with Crippen molar-refractivity contribution in [1.82, 2.24) is 0 Å². The average molecular weight is 703 g/mol. The van der Waals surface area contributed by atoms with Gasteiger partial charge in [0.2, 0.25) is 23.6 Å². The summed E-state index contributed by atoms with van der Waals surface area (Å²) < 4.78 is 11.0. The number of phenols is 1. The van der Waals surface area contributed by atoms with Crippen molar-refractivity contribution in [2.24, 2.45) is 29.6 Å². The van der Waals surface area contributed by atoms with E-state index in [0.29, 0.717) is 55.4 Å². The molecule has 1 saturated carbocycles. The lowest BCUT2D eigenvalue weighted by molar-refractivity contribution is -0.126. The van der Waals surface area contributed by atoms with Gasteiger partial charge in [-0.3, -0.25) is 29.0 Å². The second kappa shape index (κ2) is 12.9. The smallest absolute Gasteiger partial charge is 0.238 e. The lowest BCUT2D eigenvalue weighted by atomic mass is 9.57. The second-order valence-corrected chi connectivity index (χ2v) is 14.8. The molecule has 4 aliphatic heterocycles. The Kier molecular flexibility index (Phi) is 8.15. The highest BCUT2D eigenvalue weighted by Crippen LogP contribution is 2.59. The molecule has 11 nitrogen and oxygen atoms in total. The largest absolute Gasteiger partial charge is 0.507 e. The molecule has 4 heterocycles. The number of amides is 4. The van der Waals surface area contributed by atoms with Crippen LogP contribution in [0.15, 0.2) is 78.4 Å². The molecule has 5 fully saturated rings. The molecule has 268 valence electrons. The summed E-state index contributed by atoms with van der Waals surface area (Å²) in [6, 6.07) is 20.5. The van der Waals surface area contributed by atoms with Gasteiger partial charge in [0.15, 0.2) is 0 Å². The third-order valence-corrected chi connectivity index (χ3v) is 12.2. The third kappa shape index (κ3) is 5.16. The van der Waals surface area contributed by atoms with E-state index in [1.54, 1.807) is 0 Å². The Bertz CT molecular complexity index is 1970. The van der Waals surface area contributed by atoms with E-state index in [4.69, 9.17) is 9.47 Å². The molecular formula is C41H42N4O7. The first-order valence-corrected chi connectivity index (χ1v) is 18.4. The lowest BCUT2D eigenvalue weighted by Gasteiger charge is -2.44. The number of aryl methyl sites for hydroxylation is 1. The zero-order chi connectivity index (χ0) is 35.7. The number of rotatable bonds is 5. The molecule has 0 aromatic heterocycles. The van der Waals surface area contributed by atoms with Gasteiger partial charge in [-0.2, -0.15) is 0 Å². The highest BCUT2D eigenvalue weighted by atomic mass is 16.5. The zero-order valence-corrected chi connectivity index (χ0v) is 29.1. The fourth-order valence-electron chi connectivity index (χ4n) is 9.65. The minimum Gasteiger partial charge on any atom is -0.507 e. The van der Waals surface area contributed by atoms with Crippen molar-refractivity contribution in [2.75, 3.05) is 72.2 Å². The van der Waals surface area contributed by atoms with E-state index in [1.165, 1.54) is 9.80 Å². The molecule has 4 saturated heterocycles. The van der Waals surface area contributed by atoms with Crippen molar-refractivity contribution in [1.29, 1.82) is 0 Å². The van der Waals surface area contributed by atoms with Crippen molar-refractivity contribution in [3.05, 3.63) is 89.5 Å². The van der Waals surface area contributed by atoms with Crippen LogP contribution in [0.1, 0.15) is 29.9 Å². The summed E-state index contributed by atoms with van der Waals surface area (Å²) in [5.74, 6) is -4.83. The first-order chi connectivity index (χ1) is 25.3. The fourth-order valence-corrected chi connectivity index (χ4v) is 9.65. The molecule has 52 heavy (non-hydrogen) atoms. The predicted octanol–water partition coefficient (Wildman–Crippen LogP) is 4.42. The molecule has 6 atom stereocenters. The number of carbonyl (C=O) groups excluding carboxylic acids is 4. The van der Waals surface area contributed by atoms with E-state index >= 15 is 0 Å². The fraction of sp³-hybridized carbons (Fsp3) is 0.415. The van der Waals surface area contributed by atoms with Crippen LogP contribution in [-0.2, 0) is 28.7 Å². The Hall–Kier alpha value is -5.00. The topological polar surface area (TPSA) is 120 Å². The first kappa shape index (κ1) is 32.9. The van der Waals surface area contributed by atoms with Gasteiger partial charge < -0.3 is 24.4 Å². The van der Waals surface area contributed by atoms with Gasteiger partial charge in [-0.15, -0.1) is 0 Å². The lowest BCUT2D eigenvalue weighted by Crippen LogP contribution is -2.43. The van der Waals surface area contributed by atoms with Crippen molar-refractivity contribution in [3.63, 3.8) is 0 Å². The standard InChI is InChI=1S/C41H42N4O7/c1-24-3-2-4-30(37(24)46)34-29-13-14-31-35(40(49)44(38(31)47)27-9-5-25(6-10-27)42-15-19-51-20-16-42)32(29)23-33-36(34)41(50)45(39(33)48)28-11-7-26(8-12-28)43-17-21-52-22-18-43/h2-13,31-36,46H,14-23H2,1H3/t31-,32+,33+,34+,35-,36+/m0/s1. The summed E-state index contributed by atoms with van der Waals surface area (Å²) in [7, 11) is 0. The van der Waals surface area contributed by atoms with Crippen molar-refractivity contribution in [3.8, 4) is 5.75 Å². The molecule has 11 heteroatoms. The predicted molar refractivity (Wildman–Crippen MR) is 194 cm³/mol. The molecular weight excluding hydrogens is 660 g/mol. The van der Waals surface area contributed by atoms with Gasteiger partial charge in [0.1, 0.15) is 5.75 Å². The molecule has 3 aromatic carbocycles. The van der Waals surface area contributed by atoms with Gasteiger partial charge in [0.25, 0.3) is 0 Å². The normalized spacial score (nSPS) is 28.9. The Morgan fingerprint density at radius 3 is 1.65 bits per heavy atom. The van der Waals surface area contributed by atoms with Crippen LogP contribution in [0.5, 0.6) is 5.75 Å². The second-order valence-electron chi connectivity index (χ2n) is 14.8.